The zero-order valence-corrected chi connectivity index (χ0v) is 12.3. The van der Waals surface area contributed by atoms with Crippen LogP contribution in [0.15, 0.2) is 0 Å². The average Bonchev–Trinajstić information content (AvgIpc) is 2.40. The van der Waals surface area contributed by atoms with Crippen LogP contribution in [-0.4, -0.2) is 85.5 Å². The molecule has 1 atom stereocenters. The standard InChI is InChI=1S/C13H26N4O4/c18-12(19)2-1-11(13(20)21)17-9-7-15-5-3-14-4-6-16-8-10-17/h11,14-16H,1-10H2,(H,18,19)(H,20,21). The fourth-order valence-electron chi connectivity index (χ4n) is 2.32. The SMILES string of the molecule is O=C(O)CCC(C(=O)O)N1CCNCCNCCNCC1. The van der Waals surface area contributed by atoms with E-state index in [9.17, 15) is 14.7 Å². The van der Waals surface area contributed by atoms with E-state index in [4.69, 9.17) is 5.11 Å². The van der Waals surface area contributed by atoms with E-state index in [1.807, 2.05) is 4.90 Å². The van der Waals surface area contributed by atoms with E-state index >= 15 is 0 Å². The lowest BCUT2D eigenvalue weighted by Gasteiger charge is -2.29. The molecule has 1 heterocycles. The monoisotopic (exact) mass is 302 g/mol. The molecule has 8 nitrogen and oxygen atoms in total. The van der Waals surface area contributed by atoms with Crippen molar-refractivity contribution in [3.05, 3.63) is 0 Å². The first kappa shape index (κ1) is 17.8. The van der Waals surface area contributed by atoms with E-state index in [1.165, 1.54) is 0 Å². The Kier molecular flexibility index (Phi) is 8.91. The van der Waals surface area contributed by atoms with Crippen LogP contribution in [0, 0.1) is 0 Å². The molecular weight excluding hydrogens is 276 g/mol. The van der Waals surface area contributed by atoms with Crippen molar-refractivity contribution < 1.29 is 19.8 Å². The van der Waals surface area contributed by atoms with Gasteiger partial charge >= 0.3 is 11.9 Å². The van der Waals surface area contributed by atoms with Crippen molar-refractivity contribution in [2.45, 2.75) is 18.9 Å². The maximum absolute atomic E-state index is 11.4. The van der Waals surface area contributed by atoms with Gasteiger partial charge in [-0.05, 0) is 6.42 Å². The molecule has 21 heavy (non-hydrogen) atoms. The van der Waals surface area contributed by atoms with Crippen LogP contribution in [0.25, 0.3) is 0 Å². The maximum Gasteiger partial charge on any atom is 0.320 e. The summed E-state index contributed by atoms with van der Waals surface area (Å²) in [4.78, 5) is 23.9. The highest BCUT2D eigenvalue weighted by Gasteiger charge is 2.25. The first-order valence-corrected chi connectivity index (χ1v) is 7.42. The van der Waals surface area contributed by atoms with Gasteiger partial charge in [-0.2, -0.15) is 0 Å². The van der Waals surface area contributed by atoms with Crippen LogP contribution in [0.5, 0.6) is 0 Å². The molecule has 1 aliphatic heterocycles. The van der Waals surface area contributed by atoms with Crippen LogP contribution in [0.2, 0.25) is 0 Å². The number of nitrogens with zero attached hydrogens (tertiary/aromatic N) is 1. The van der Waals surface area contributed by atoms with Crippen molar-refractivity contribution in [1.29, 1.82) is 0 Å². The van der Waals surface area contributed by atoms with Crippen LogP contribution in [0.1, 0.15) is 12.8 Å². The number of carboxylic acids is 2. The van der Waals surface area contributed by atoms with E-state index in [-0.39, 0.29) is 12.8 Å². The second kappa shape index (κ2) is 10.5. The lowest BCUT2D eigenvalue weighted by molar-refractivity contribution is -0.144. The molecular formula is C13H26N4O4. The first-order chi connectivity index (χ1) is 10.1. The van der Waals surface area contributed by atoms with Crippen molar-refractivity contribution in [3.63, 3.8) is 0 Å². The summed E-state index contributed by atoms with van der Waals surface area (Å²) in [5.41, 5.74) is 0. The number of carboxylic acid groups (broad SMARTS) is 2. The van der Waals surface area contributed by atoms with E-state index in [1.54, 1.807) is 0 Å². The van der Waals surface area contributed by atoms with Crippen LogP contribution in [-0.2, 0) is 9.59 Å². The third-order valence-corrected chi connectivity index (χ3v) is 3.47. The fourth-order valence-corrected chi connectivity index (χ4v) is 2.32. The molecule has 0 spiro atoms. The largest absolute Gasteiger partial charge is 0.481 e. The summed E-state index contributed by atoms with van der Waals surface area (Å²) in [6.45, 7) is 6.00. The summed E-state index contributed by atoms with van der Waals surface area (Å²) in [6, 6.07) is -0.745. The zero-order valence-electron chi connectivity index (χ0n) is 12.3. The Bertz CT molecular complexity index is 315. The first-order valence-electron chi connectivity index (χ1n) is 7.42. The molecule has 5 N–H and O–H groups in total. The molecule has 0 aliphatic carbocycles. The molecule has 0 aromatic heterocycles. The Morgan fingerprint density at radius 1 is 0.905 bits per heavy atom. The van der Waals surface area contributed by atoms with Gasteiger partial charge in [-0.1, -0.05) is 0 Å². The summed E-state index contributed by atoms with van der Waals surface area (Å²) < 4.78 is 0. The predicted octanol–water partition coefficient (Wildman–Crippen LogP) is -1.61. The van der Waals surface area contributed by atoms with Gasteiger partial charge in [-0.3, -0.25) is 14.5 Å². The molecule has 1 fully saturated rings. The smallest absolute Gasteiger partial charge is 0.320 e. The van der Waals surface area contributed by atoms with Crippen molar-refractivity contribution >= 4 is 11.9 Å². The number of hydrogen-bond donors (Lipinski definition) is 5. The van der Waals surface area contributed by atoms with Crippen molar-refractivity contribution in [1.82, 2.24) is 20.9 Å². The molecule has 1 aliphatic rings. The lowest BCUT2D eigenvalue weighted by atomic mass is 10.1. The topological polar surface area (TPSA) is 114 Å². The zero-order chi connectivity index (χ0) is 15.5. The Morgan fingerprint density at radius 2 is 1.38 bits per heavy atom. The number of carbonyl (C=O) groups is 2. The third kappa shape index (κ3) is 7.96. The molecule has 122 valence electrons. The Balaban J connectivity index is 2.56. The third-order valence-electron chi connectivity index (χ3n) is 3.47. The van der Waals surface area contributed by atoms with Crippen molar-refractivity contribution in [2.75, 3.05) is 52.4 Å². The molecule has 0 radical (unpaired) electrons. The summed E-state index contributed by atoms with van der Waals surface area (Å²) in [5, 5.41) is 27.9. The van der Waals surface area contributed by atoms with Gasteiger partial charge in [-0.15, -0.1) is 0 Å². The molecule has 0 bridgehead atoms. The second-order valence-corrected chi connectivity index (χ2v) is 5.07. The average molecular weight is 302 g/mol. The normalized spacial score (nSPS) is 21.0. The van der Waals surface area contributed by atoms with E-state index in [0.717, 1.165) is 26.2 Å². The molecule has 0 amide bonds. The van der Waals surface area contributed by atoms with Gasteiger partial charge in [0.05, 0.1) is 0 Å². The van der Waals surface area contributed by atoms with Crippen LogP contribution < -0.4 is 16.0 Å². The molecule has 0 aromatic rings. The minimum atomic E-state index is -0.960. The summed E-state index contributed by atoms with van der Waals surface area (Å²) in [5.74, 6) is -1.91. The van der Waals surface area contributed by atoms with Crippen molar-refractivity contribution in [2.24, 2.45) is 0 Å². The quantitative estimate of drug-likeness (QED) is 0.412. The van der Waals surface area contributed by atoms with Gasteiger partial charge in [0.25, 0.3) is 0 Å². The summed E-state index contributed by atoms with van der Waals surface area (Å²) >= 11 is 0. The number of aliphatic carboxylic acids is 2. The fraction of sp³-hybridized carbons (Fsp3) is 0.846. The van der Waals surface area contributed by atoms with Gasteiger partial charge < -0.3 is 26.2 Å². The highest BCUT2D eigenvalue weighted by Crippen LogP contribution is 2.07. The van der Waals surface area contributed by atoms with E-state index in [2.05, 4.69) is 16.0 Å². The van der Waals surface area contributed by atoms with Gasteiger partial charge in [0.15, 0.2) is 0 Å². The predicted molar refractivity (Wildman–Crippen MR) is 78.5 cm³/mol. The minimum absolute atomic E-state index is 0.127. The van der Waals surface area contributed by atoms with Crippen LogP contribution >= 0.6 is 0 Å². The molecule has 1 saturated heterocycles. The van der Waals surface area contributed by atoms with Gasteiger partial charge in [-0.25, -0.2) is 0 Å². The highest BCUT2D eigenvalue weighted by molar-refractivity contribution is 5.75. The lowest BCUT2D eigenvalue weighted by Crippen LogP contribution is -2.48. The van der Waals surface area contributed by atoms with Gasteiger partial charge in [0, 0.05) is 58.8 Å². The van der Waals surface area contributed by atoms with E-state index in [0.29, 0.717) is 26.2 Å². The molecule has 8 heteroatoms. The molecule has 1 unspecified atom stereocenters. The number of nitrogens with one attached hydrogen (secondary N) is 3. The Labute approximate surface area is 124 Å². The Morgan fingerprint density at radius 3 is 1.81 bits per heavy atom. The molecule has 0 aromatic carbocycles. The maximum atomic E-state index is 11.4. The van der Waals surface area contributed by atoms with E-state index < -0.39 is 18.0 Å². The molecule has 0 saturated carbocycles. The minimum Gasteiger partial charge on any atom is -0.481 e. The number of rotatable bonds is 5. The summed E-state index contributed by atoms with van der Waals surface area (Å²) in [6.07, 6.45) is 0.00443. The van der Waals surface area contributed by atoms with Crippen LogP contribution in [0.4, 0.5) is 0 Å². The van der Waals surface area contributed by atoms with Gasteiger partial charge in [0.2, 0.25) is 0 Å². The van der Waals surface area contributed by atoms with Crippen molar-refractivity contribution in [3.8, 4) is 0 Å². The highest BCUT2D eigenvalue weighted by atomic mass is 16.4. The second-order valence-electron chi connectivity index (χ2n) is 5.07. The molecule has 1 rings (SSSR count). The van der Waals surface area contributed by atoms with Gasteiger partial charge in [0.1, 0.15) is 6.04 Å². The number of hydrogen-bond acceptors (Lipinski definition) is 6. The summed E-state index contributed by atoms with van der Waals surface area (Å²) in [7, 11) is 0. The Hall–Kier alpha value is -1.22. The van der Waals surface area contributed by atoms with Crippen LogP contribution in [0.3, 0.4) is 0 Å².